The maximum atomic E-state index is 12.0. The summed E-state index contributed by atoms with van der Waals surface area (Å²) in [6, 6.07) is 7.47. The Balaban J connectivity index is 2.66. The molecule has 0 heterocycles. The van der Waals surface area contributed by atoms with Gasteiger partial charge in [0.05, 0.1) is 22.3 Å². The number of benzene rings is 1. The Morgan fingerprint density at radius 3 is 2.45 bits per heavy atom. The van der Waals surface area contributed by atoms with Gasteiger partial charge in [-0.25, -0.2) is 8.42 Å². The molecule has 2 atom stereocenters. The lowest BCUT2D eigenvalue weighted by Gasteiger charge is -2.08. The van der Waals surface area contributed by atoms with Crippen molar-refractivity contribution < 1.29 is 12.6 Å². The molecule has 1 rings (SSSR count). The molecule has 0 aliphatic rings. The minimum absolute atomic E-state index is 0.0794. The third-order valence-corrected chi connectivity index (χ3v) is 6.30. The molecule has 0 saturated carbocycles. The highest BCUT2D eigenvalue weighted by Crippen LogP contribution is 2.12. The molecule has 5 nitrogen and oxygen atoms in total. The van der Waals surface area contributed by atoms with Crippen LogP contribution in [0.5, 0.6) is 0 Å². The van der Waals surface area contributed by atoms with Crippen LogP contribution in [-0.2, 0) is 20.6 Å². The van der Waals surface area contributed by atoms with Gasteiger partial charge in [0.15, 0.2) is 9.84 Å². The van der Waals surface area contributed by atoms with Crippen LogP contribution in [0.15, 0.2) is 29.2 Å². The van der Waals surface area contributed by atoms with E-state index < -0.39 is 20.6 Å². The van der Waals surface area contributed by atoms with Crippen molar-refractivity contribution in [3.8, 4) is 6.07 Å². The number of sulfone groups is 1. The van der Waals surface area contributed by atoms with Crippen LogP contribution in [0.1, 0.15) is 18.9 Å². The number of hydrogen-bond donors (Lipinski definition) is 1. The predicted molar refractivity (Wildman–Crippen MR) is 79.4 cm³/mol. The van der Waals surface area contributed by atoms with Gasteiger partial charge in [-0.05, 0) is 30.7 Å². The first-order valence-corrected chi connectivity index (χ1v) is 9.36. The molecule has 2 N–H and O–H groups in total. The zero-order valence-corrected chi connectivity index (χ0v) is 12.9. The molecule has 0 amide bonds. The third kappa shape index (κ3) is 5.04. The summed E-state index contributed by atoms with van der Waals surface area (Å²) in [5.41, 5.74) is 6.09. The van der Waals surface area contributed by atoms with Gasteiger partial charge in [-0.15, -0.1) is 0 Å². The van der Waals surface area contributed by atoms with E-state index in [1.807, 2.05) is 13.0 Å². The van der Waals surface area contributed by atoms with Crippen LogP contribution in [0.25, 0.3) is 0 Å². The Labute approximate surface area is 122 Å². The number of nitrogens with zero attached hydrogens (tertiary/aromatic N) is 1. The van der Waals surface area contributed by atoms with Crippen molar-refractivity contribution in [2.24, 2.45) is 5.73 Å². The van der Waals surface area contributed by atoms with Gasteiger partial charge in [0.25, 0.3) is 0 Å². The Morgan fingerprint density at radius 2 is 1.95 bits per heavy atom. The van der Waals surface area contributed by atoms with E-state index >= 15 is 0 Å². The Morgan fingerprint density at radius 1 is 1.35 bits per heavy atom. The van der Waals surface area contributed by atoms with Crippen molar-refractivity contribution in [1.29, 1.82) is 5.26 Å². The second-order valence-corrected chi connectivity index (χ2v) is 8.16. The average molecular weight is 314 g/mol. The summed E-state index contributed by atoms with van der Waals surface area (Å²) in [4.78, 5) is 0.147. The summed E-state index contributed by atoms with van der Waals surface area (Å²) in [5.74, 6) is 0.220. The Bertz CT molecular complexity index is 603. The lowest BCUT2D eigenvalue weighted by atomic mass is 10.2. The van der Waals surface area contributed by atoms with E-state index in [0.29, 0.717) is 17.7 Å². The van der Waals surface area contributed by atoms with Crippen LogP contribution in [0.3, 0.4) is 0 Å². The molecule has 0 fully saturated rings. The summed E-state index contributed by atoms with van der Waals surface area (Å²) in [7, 11) is -4.70. The van der Waals surface area contributed by atoms with Gasteiger partial charge in [0, 0.05) is 28.3 Å². The zero-order valence-electron chi connectivity index (χ0n) is 11.3. The molecule has 1 aromatic carbocycles. The first-order valence-electron chi connectivity index (χ1n) is 6.22. The van der Waals surface area contributed by atoms with E-state index in [0.717, 1.165) is 0 Å². The van der Waals surface area contributed by atoms with Gasteiger partial charge in [-0.2, -0.15) is 5.26 Å². The van der Waals surface area contributed by atoms with Crippen LogP contribution in [0.2, 0.25) is 0 Å². The van der Waals surface area contributed by atoms with Crippen molar-refractivity contribution in [2.75, 3.05) is 17.3 Å². The van der Waals surface area contributed by atoms with Crippen molar-refractivity contribution in [3.05, 3.63) is 29.8 Å². The molecule has 0 spiro atoms. The van der Waals surface area contributed by atoms with Gasteiger partial charge < -0.3 is 5.73 Å². The lowest BCUT2D eigenvalue weighted by molar-refractivity contribution is 0.596. The summed E-state index contributed by atoms with van der Waals surface area (Å²) >= 11 is 0. The second kappa shape index (κ2) is 7.53. The smallest absolute Gasteiger partial charge is 0.179 e. The fourth-order valence-corrected chi connectivity index (χ4v) is 4.78. The molecule has 7 heteroatoms. The maximum Gasteiger partial charge on any atom is 0.179 e. The van der Waals surface area contributed by atoms with E-state index in [4.69, 9.17) is 11.0 Å². The predicted octanol–water partition coefficient (Wildman–Crippen LogP) is 0.818. The Hall–Kier alpha value is -1.23. The maximum absolute atomic E-state index is 12.0. The normalized spacial score (nSPS) is 14.4. The largest absolute Gasteiger partial charge is 0.327 e. The SMILES string of the molecule is CCC(N)CS(=O)CCS(=O)(=O)c1ccc(C#N)cc1. The molecule has 20 heavy (non-hydrogen) atoms. The highest BCUT2D eigenvalue weighted by Gasteiger charge is 2.16. The molecular weight excluding hydrogens is 296 g/mol. The topological polar surface area (TPSA) is 101 Å². The summed E-state index contributed by atoms with van der Waals surface area (Å²) in [6.45, 7) is 1.90. The Kier molecular flexibility index (Phi) is 6.33. The first kappa shape index (κ1) is 16.8. The molecule has 0 radical (unpaired) electrons. The van der Waals surface area contributed by atoms with Crippen molar-refractivity contribution in [1.82, 2.24) is 0 Å². The minimum atomic E-state index is -3.47. The summed E-state index contributed by atoms with van der Waals surface area (Å²) in [6.07, 6.45) is 0.716. The highest BCUT2D eigenvalue weighted by molar-refractivity contribution is 7.93. The summed E-state index contributed by atoms with van der Waals surface area (Å²) < 4.78 is 35.8. The number of hydrogen-bond acceptors (Lipinski definition) is 5. The molecule has 0 aliphatic heterocycles. The first-order chi connectivity index (χ1) is 9.39. The van der Waals surface area contributed by atoms with Crippen molar-refractivity contribution in [2.45, 2.75) is 24.3 Å². The third-order valence-electron chi connectivity index (χ3n) is 2.85. The molecule has 110 valence electrons. The molecule has 0 aromatic heterocycles. The molecule has 2 unspecified atom stereocenters. The van der Waals surface area contributed by atoms with Crippen LogP contribution in [0.4, 0.5) is 0 Å². The van der Waals surface area contributed by atoms with Crippen molar-refractivity contribution in [3.63, 3.8) is 0 Å². The van der Waals surface area contributed by atoms with Crippen LogP contribution in [-0.4, -0.2) is 35.9 Å². The standard InChI is InChI=1S/C13H18N2O3S2/c1-2-12(15)10-19(16)7-8-20(17,18)13-5-3-11(9-14)4-6-13/h3-6,12H,2,7-8,10,15H2,1H3. The van der Waals surface area contributed by atoms with Gasteiger partial charge >= 0.3 is 0 Å². The van der Waals surface area contributed by atoms with E-state index in [1.54, 1.807) is 0 Å². The van der Waals surface area contributed by atoms with Gasteiger partial charge in [-0.3, -0.25) is 4.21 Å². The zero-order chi connectivity index (χ0) is 15.2. The molecular formula is C13H18N2O3S2. The molecule has 0 bridgehead atoms. The van der Waals surface area contributed by atoms with Crippen LogP contribution >= 0.6 is 0 Å². The average Bonchev–Trinajstić information content (AvgIpc) is 2.45. The van der Waals surface area contributed by atoms with E-state index in [1.165, 1.54) is 24.3 Å². The lowest BCUT2D eigenvalue weighted by Crippen LogP contribution is -2.28. The summed E-state index contributed by atoms with van der Waals surface area (Å²) in [5, 5.41) is 8.66. The molecule has 0 aliphatic carbocycles. The fraction of sp³-hybridized carbons (Fsp3) is 0.462. The van der Waals surface area contributed by atoms with E-state index in [2.05, 4.69) is 0 Å². The minimum Gasteiger partial charge on any atom is -0.327 e. The molecule has 1 aromatic rings. The number of nitriles is 1. The van der Waals surface area contributed by atoms with E-state index in [9.17, 15) is 12.6 Å². The molecule has 0 saturated heterocycles. The van der Waals surface area contributed by atoms with Gasteiger partial charge in [0.2, 0.25) is 0 Å². The van der Waals surface area contributed by atoms with Crippen LogP contribution < -0.4 is 5.73 Å². The highest BCUT2D eigenvalue weighted by atomic mass is 32.2. The quantitative estimate of drug-likeness (QED) is 0.803. The second-order valence-electron chi connectivity index (χ2n) is 4.43. The van der Waals surface area contributed by atoms with Crippen molar-refractivity contribution >= 4 is 20.6 Å². The monoisotopic (exact) mass is 314 g/mol. The van der Waals surface area contributed by atoms with Gasteiger partial charge in [0.1, 0.15) is 0 Å². The van der Waals surface area contributed by atoms with Gasteiger partial charge in [-0.1, -0.05) is 6.92 Å². The van der Waals surface area contributed by atoms with E-state index in [-0.39, 0.29) is 22.4 Å². The van der Waals surface area contributed by atoms with Crippen LogP contribution in [0, 0.1) is 11.3 Å². The fourth-order valence-electron chi connectivity index (χ4n) is 1.50. The number of rotatable bonds is 7. The number of nitrogens with two attached hydrogens (primary N) is 1.